The fraction of sp³-hybridized carbons (Fsp3) is 0.0769. The predicted molar refractivity (Wildman–Crippen MR) is 66.9 cm³/mol. The minimum atomic E-state index is -0.825. The van der Waals surface area contributed by atoms with Gasteiger partial charge in [-0.2, -0.15) is 0 Å². The summed E-state index contributed by atoms with van der Waals surface area (Å²) in [4.78, 5) is 0. The predicted octanol–water partition coefficient (Wildman–Crippen LogP) is 3.31. The molecule has 0 radical (unpaired) electrons. The van der Waals surface area contributed by atoms with Crippen molar-refractivity contribution in [2.45, 2.75) is 6.04 Å². The van der Waals surface area contributed by atoms with Crippen molar-refractivity contribution in [3.63, 3.8) is 0 Å². The van der Waals surface area contributed by atoms with E-state index in [0.29, 0.717) is 5.56 Å². The molecule has 0 heterocycles. The van der Waals surface area contributed by atoms with E-state index in [1.807, 2.05) is 0 Å². The molecule has 3 N–H and O–H groups in total. The van der Waals surface area contributed by atoms with Gasteiger partial charge >= 0.3 is 0 Å². The summed E-state index contributed by atoms with van der Waals surface area (Å²) >= 11 is 5.66. The summed E-state index contributed by atoms with van der Waals surface area (Å²) in [6.45, 7) is 0. The van der Waals surface area contributed by atoms with Crippen LogP contribution in [-0.4, -0.2) is 0 Å². The second-order valence-electron chi connectivity index (χ2n) is 3.94. The van der Waals surface area contributed by atoms with Crippen LogP contribution in [0, 0.1) is 17.5 Å². The van der Waals surface area contributed by atoms with E-state index in [-0.39, 0.29) is 10.6 Å². The molecule has 0 fully saturated rings. The Kier molecular flexibility index (Phi) is 4.09. The molecule has 0 bridgehead atoms. The molecule has 2 aromatic rings. The molecule has 0 aliphatic rings. The molecule has 0 saturated carbocycles. The van der Waals surface area contributed by atoms with Gasteiger partial charge in [0.25, 0.3) is 0 Å². The van der Waals surface area contributed by atoms with Crippen LogP contribution in [0.5, 0.6) is 0 Å². The smallest absolute Gasteiger partial charge is 0.141 e. The summed E-state index contributed by atoms with van der Waals surface area (Å²) in [5, 5.41) is -0.116. The van der Waals surface area contributed by atoms with E-state index in [0.717, 1.165) is 24.3 Å². The molecule has 2 nitrogen and oxygen atoms in total. The van der Waals surface area contributed by atoms with E-state index in [4.69, 9.17) is 17.4 Å². The zero-order chi connectivity index (χ0) is 14.0. The molecule has 1 atom stereocenters. The summed E-state index contributed by atoms with van der Waals surface area (Å²) < 4.78 is 40.0. The molecule has 19 heavy (non-hydrogen) atoms. The molecule has 2 aromatic carbocycles. The molecular formula is C13H10ClF3N2. The third kappa shape index (κ3) is 2.89. The highest BCUT2D eigenvalue weighted by molar-refractivity contribution is 6.30. The van der Waals surface area contributed by atoms with Crippen LogP contribution in [0.4, 0.5) is 13.2 Å². The number of halogens is 4. The van der Waals surface area contributed by atoms with E-state index in [1.165, 1.54) is 12.1 Å². The number of rotatable bonds is 3. The van der Waals surface area contributed by atoms with Crippen LogP contribution in [-0.2, 0) is 0 Å². The van der Waals surface area contributed by atoms with Crippen molar-refractivity contribution in [2.75, 3.05) is 0 Å². The first kappa shape index (κ1) is 13.9. The van der Waals surface area contributed by atoms with Crippen molar-refractivity contribution in [1.82, 2.24) is 5.43 Å². The van der Waals surface area contributed by atoms with Gasteiger partial charge in [-0.25, -0.2) is 18.6 Å². The topological polar surface area (TPSA) is 38.0 Å². The number of nitrogens with one attached hydrogen (secondary N) is 1. The summed E-state index contributed by atoms with van der Waals surface area (Å²) in [6.07, 6.45) is 0. The molecule has 2 rings (SSSR count). The van der Waals surface area contributed by atoms with Gasteiger partial charge in [-0.15, -0.1) is 0 Å². The monoisotopic (exact) mass is 286 g/mol. The van der Waals surface area contributed by atoms with Gasteiger partial charge in [0, 0.05) is 5.56 Å². The van der Waals surface area contributed by atoms with Gasteiger partial charge in [0.05, 0.1) is 11.1 Å². The Hall–Kier alpha value is -1.56. The van der Waals surface area contributed by atoms with E-state index in [2.05, 4.69) is 5.43 Å². The SMILES string of the molecule is NNC(c1ccc(F)c(Cl)c1)c1cc(F)ccc1F. The molecule has 0 aliphatic carbocycles. The highest BCUT2D eigenvalue weighted by Crippen LogP contribution is 2.27. The van der Waals surface area contributed by atoms with E-state index >= 15 is 0 Å². The van der Waals surface area contributed by atoms with Gasteiger partial charge < -0.3 is 0 Å². The van der Waals surface area contributed by atoms with Crippen LogP contribution in [0.1, 0.15) is 17.2 Å². The van der Waals surface area contributed by atoms with Crippen LogP contribution in [0.3, 0.4) is 0 Å². The number of hydrogen-bond acceptors (Lipinski definition) is 2. The summed E-state index contributed by atoms with van der Waals surface area (Å²) in [5.74, 6) is 3.56. The molecule has 100 valence electrons. The Morgan fingerprint density at radius 3 is 2.32 bits per heavy atom. The molecule has 0 aliphatic heterocycles. The van der Waals surface area contributed by atoms with Gasteiger partial charge in [0.2, 0.25) is 0 Å². The van der Waals surface area contributed by atoms with Crippen LogP contribution in [0.2, 0.25) is 5.02 Å². The maximum atomic E-state index is 13.7. The summed E-state index contributed by atoms with van der Waals surface area (Å²) in [5.41, 5.74) is 2.81. The van der Waals surface area contributed by atoms with Crippen molar-refractivity contribution in [3.8, 4) is 0 Å². The summed E-state index contributed by atoms with van der Waals surface area (Å²) in [6, 6.07) is 6.05. The lowest BCUT2D eigenvalue weighted by Gasteiger charge is -2.18. The fourth-order valence-corrected chi connectivity index (χ4v) is 1.98. The average molecular weight is 287 g/mol. The standard InChI is InChI=1S/C13H10ClF3N2/c14-10-5-7(1-3-12(10)17)13(19-18)9-6-8(15)2-4-11(9)16/h1-6,13,19H,18H2. The van der Waals surface area contributed by atoms with Crippen molar-refractivity contribution in [2.24, 2.45) is 5.84 Å². The number of nitrogens with two attached hydrogens (primary N) is 1. The molecule has 0 amide bonds. The Balaban J connectivity index is 2.49. The Bertz CT molecular complexity index is 604. The van der Waals surface area contributed by atoms with E-state index in [9.17, 15) is 13.2 Å². The zero-order valence-electron chi connectivity index (χ0n) is 9.63. The first-order valence-corrected chi connectivity index (χ1v) is 5.76. The normalized spacial score (nSPS) is 12.5. The first-order chi connectivity index (χ1) is 9.02. The zero-order valence-corrected chi connectivity index (χ0v) is 10.4. The van der Waals surface area contributed by atoms with Crippen LogP contribution >= 0.6 is 11.6 Å². The largest absolute Gasteiger partial charge is 0.271 e. The number of hydrazine groups is 1. The van der Waals surface area contributed by atoms with E-state index in [1.54, 1.807) is 0 Å². The van der Waals surface area contributed by atoms with Crippen LogP contribution < -0.4 is 11.3 Å². The number of hydrogen-bond donors (Lipinski definition) is 2. The maximum absolute atomic E-state index is 13.7. The van der Waals surface area contributed by atoms with Crippen molar-refractivity contribution >= 4 is 11.6 Å². The molecule has 6 heteroatoms. The lowest BCUT2D eigenvalue weighted by atomic mass is 9.98. The second kappa shape index (κ2) is 5.61. The summed E-state index contributed by atoms with van der Waals surface area (Å²) in [7, 11) is 0. The van der Waals surface area contributed by atoms with E-state index < -0.39 is 23.5 Å². The van der Waals surface area contributed by atoms with Crippen molar-refractivity contribution in [3.05, 3.63) is 70.0 Å². The maximum Gasteiger partial charge on any atom is 0.141 e. The van der Waals surface area contributed by atoms with Gasteiger partial charge in [-0.3, -0.25) is 5.84 Å². The third-order valence-electron chi connectivity index (χ3n) is 2.71. The fourth-order valence-electron chi connectivity index (χ4n) is 1.79. The highest BCUT2D eigenvalue weighted by Gasteiger charge is 2.18. The van der Waals surface area contributed by atoms with Crippen molar-refractivity contribution in [1.29, 1.82) is 0 Å². The lowest BCUT2D eigenvalue weighted by Crippen LogP contribution is -2.29. The van der Waals surface area contributed by atoms with Crippen LogP contribution in [0.25, 0.3) is 0 Å². The lowest BCUT2D eigenvalue weighted by molar-refractivity contribution is 0.544. The van der Waals surface area contributed by atoms with Gasteiger partial charge in [-0.05, 0) is 35.9 Å². The average Bonchev–Trinajstić information content (AvgIpc) is 2.38. The third-order valence-corrected chi connectivity index (χ3v) is 3.00. The Labute approximate surface area is 113 Å². The molecular weight excluding hydrogens is 277 g/mol. The number of benzene rings is 2. The van der Waals surface area contributed by atoms with Gasteiger partial charge in [0.15, 0.2) is 0 Å². The minimum absolute atomic E-state index is 0.0187. The molecule has 0 saturated heterocycles. The quantitative estimate of drug-likeness (QED) is 0.671. The molecule has 1 unspecified atom stereocenters. The van der Waals surface area contributed by atoms with Gasteiger partial charge in [-0.1, -0.05) is 17.7 Å². The first-order valence-electron chi connectivity index (χ1n) is 5.39. The van der Waals surface area contributed by atoms with Gasteiger partial charge in [0.1, 0.15) is 17.5 Å². The van der Waals surface area contributed by atoms with Crippen LogP contribution in [0.15, 0.2) is 36.4 Å². The highest BCUT2D eigenvalue weighted by atomic mass is 35.5. The molecule has 0 aromatic heterocycles. The second-order valence-corrected chi connectivity index (χ2v) is 4.35. The van der Waals surface area contributed by atoms with Crippen molar-refractivity contribution < 1.29 is 13.2 Å². The minimum Gasteiger partial charge on any atom is -0.271 e. The molecule has 0 spiro atoms. The Morgan fingerprint density at radius 1 is 1.00 bits per heavy atom. The Morgan fingerprint density at radius 2 is 1.68 bits per heavy atom.